The molecule has 0 amide bonds. The van der Waals surface area contributed by atoms with Gasteiger partial charge in [-0.3, -0.25) is 9.69 Å². The van der Waals surface area contributed by atoms with Crippen LogP contribution in [0.5, 0.6) is 0 Å². The molecule has 1 rings (SSSR count). The Hall–Kier alpha value is -0.260. The number of ether oxygens (including phenoxy) is 2. The standard InChI is InChI=1S/C12H23NO3S/c1-3-16-12(14)11(10-17-4-2)9-13-5-7-15-8-6-13/h11H,3-10H2,1-2H3. The van der Waals surface area contributed by atoms with Gasteiger partial charge in [0.25, 0.3) is 0 Å². The van der Waals surface area contributed by atoms with Gasteiger partial charge in [-0.2, -0.15) is 11.8 Å². The molecule has 0 N–H and O–H groups in total. The van der Waals surface area contributed by atoms with Crippen LogP contribution in [0.3, 0.4) is 0 Å². The van der Waals surface area contributed by atoms with Crippen LogP contribution in [0.2, 0.25) is 0 Å². The van der Waals surface area contributed by atoms with E-state index in [1.54, 1.807) is 11.8 Å². The van der Waals surface area contributed by atoms with Gasteiger partial charge in [0.2, 0.25) is 0 Å². The van der Waals surface area contributed by atoms with Crippen molar-refractivity contribution < 1.29 is 14.3 Å². The number of hydrogen-bond donors (Lipinski definition) is 0. The first-order chi connectivity index (χ1) is 8.27. The second kappa shape index (κ2) is 8.78. The van der Waals surface area contributed by atoms with Crippen LogP contribution in [0.25, 0.3) is 0 Å². The minimum atomic E-state index is -0.0556. The highest BCUT2D eigenvalue weighted by Gasteiger charge is 2.23. The Morgan fingerprint density at radius 1 is 1.41 bits per heavy atom. The largest absolute Gasteiger partial charge is 0.466 e. The van der Waals surface area contributed by atoms with Crippen molar-refractivity contribution >= 4 is 17.7 Å². The van der Waals surface area contributed by atoms with Crippen LogP contribution in [0.15, 0.2) is 0 Å². The van der Waals surface area contributed by atoms with E-state index in [0.717, 1.165) is 44.4 Å². The summed E-state index contributed by atoms with van der Waals surface area (Å²) in [5, 5.41) is 0. The summed E-state index contributed by atoms with van der Waals surface area (Å²) in [4.78, 5) is 14.1. The number of morpholine rings is 1. The number of thioether (sulfide) groups is 1. The zero-order valence-electron chi connectivity index (χ0n) is 10.8. The molecule has 1 aliphatic heterocycles. The Bertz CT molecular complexity index is 220. The molecule has 0 aromatic rings. The molecule has 1 fully saturated rings. The molecule has 1 atom stereocenters. The average Bonchev–Trinajstić information content (AvgIpc) is 2.36. The van der Waals surface area contributed by atoms with Crippen molar-refractivity contribution in [1.82, 2.24) is 4.90 Å². The highest BCUT2D eigenvalue weighted by Crippen LogP contribution is 2.13. The van der Waals surface area contributed by atoms with Gasteiger partial charge in [0.15, 0.2) is 0 Å². The van der Waals surface area contributed by atoms with Gasteiger partial charge in [-0.25, -0.2) is 0 Å². The SMILES string of the molecule is CCOC(=O)C(CSCC)CN1CCOCC1. The van der Waals surface area contributed by atoms with E-state index in [1.807, 2.05) is 6.92 Å². The predicted octanol–water partition coefficient (Wildman–Crippen LogP) is 1.25. The molecular weight excluding hydrogens is 238 g/mol. The van der Waals surface area contributed by atoms with Crippen LogP contribution in [-0.4, -0.2) is 61.8 Å². The van der Waals surface area contributed by atoms with Crippen LogP contribution in [0.1, 0.15) is 13.8 Å². The summed E-state index contributed by atoms with van der Waals surface area (Å²) in [6, 6.07) is 0. The van der Waals surface area contributed by atoms with Crippen LogP contribution in [0.4, 0.5) is 0 Å². The molecule has 5 heteroatoms. The summed E-state index contributed by atoms with van der Waals surface area (Å²) >= 11 is 1.80. The maximum Gasteiger partial charge on any atom is 0.311 e. The van der Waals surface area contributed by atoms with E-state index >= 15 is 0 Å². The predicted molar refractivity (Wildman–Crippen MR) is 70.4 cm³/mol. The fourth-order valence-electron chi connectivity index (χ4n) is 1.81. The van der Waals surface area contributed by atoms with E-state index in [9.17, 15) is 4.79 Å². The Kier molecular flexibility index (Phi) is 7.64. The lowest BCUT2D eigenvalue weighted by Crippen LogP contribution is -2.42. The first-order valence-corrected chi connectivity index (χ1v) is 7.47. The van der Waals surface area contributed by atoms with Crippen molar-refractivity contribution in [2.45, 2.75) is 13.8 Å². The third-order valence-corrected chi connectivity index (χ3v) is 3.77. The van der Waals surface area contributed by atoms with Crippen molar-refractivity contribution in [1.29, 1.82) is 0 Å². The molecule has 1 unspecified atom stereocenters. The molecule has 0 spiro atoms. The zero-order chi connectivity index (χ0) is 12.5. The molecule has 1 aliphatic rings. The molecule has 4 nitrogen and oxygen atoms in total. The summed E-state index contributed by atoms with van der Waals surface area (Å²) in [7, 11) is 0. The van der Waals surface area contributed by atoms with Crippen molar-refractivity contribution in [3.63, 3.8) is 0 Å². The summed E-state index contributed by atoms with van der Waals surface area (Å²) in [5.41, 5.74) is 0. The second-order valence-electron chi connectivity index (χ2n) is 4.02. The zero-order valence-corrected chi connectivity index (χ0v) is 11.6. The first-order valence-electron chi connectivity index (χ1n) is 6.32. The van der Waals surface area contributed by atoms with E-state index in [4.69, 9.17) is 9.47 Å². The van der Waals surface area contributed by atoms with Gasteiger partial charge in [-0.05, 0) is 12.7 Å². The number of nitrogens with zero attached hydrogens (tertiary/aromatic N) is 1. The maximum atomic E-state index is 11.8. The monoisotopic (exact) mass is 261 g/mol. The summed E-state index contributed by atoms with van der Waals surface area (Å²) in [6.07, 6.45) is 0. The van der Waals surface area contributed by atoms with E-state index in [-0.39, 0.29) is 11.9 Å². The molecule has 0 saturated carbocycles. The minimum absolute atomic E-state index is 0.00185. The van der Waals surface area contributed by atoms with Crippen molar-refractivity contribution in [2.75, 3.05) is 51.0 Å². The normalized spacial score (nSPS) is 18.9. The van der Waals surface area contributed by atoms with Gasteiger partial charge in [-0.15, -0.1) is 0 Å². The third kappa shape index (κ3) is 5.75. The number of rotatable bonds is 7. The van der Waals surface area contributed by atoms with Crippen molar-refractivity contribution in [2.24, 2.45) is 5.92 Å². The fourth-order valence-corrected chi connectivity index (χ4v) is 2.57. The maximum absolute atomic E-state index is 11.8. The molecule has 0 bridgehead atoms. The molecule has 0 aliphatic carbocycles. The van der Waals surface area contributed by atoms with E-state index in [0.29, 0.717) is 6.61 Å². The number of hydrogen-bond acceptors (Lipinski definition) is 5. The average molecular weight is 261 g/mol. The quantitative estimate of drug-likeness (QED) is 0.645. The topological polar surface area (TPSA) is 38.8 Å². The Morgan fingerprint density at radius 2 is 2.12 bits per heavy atom. The smallest absolute Gasteiger partial charge is 0.311 e. The highest BCUT2D eigenvalue weighted by atomic mass is 32.2. The van der Waals surface area contributed by atoms with Gasteiger partial charge >= 0.3 is 5.97 Å². The van der Waals surface area contributed by atoms with Crippen molar-refractivity contribution in [3.8, 4) is 0 Å². The molecule has 0 radical (unpaired) electrons. The molecule has 100 valence electrons. The minimum Gasteiger partial charge on any atom is -0.466 e. The molecule has 17 heavy (non-hydrogen) atoms. The van der Waals surface area contributed by atoms with E-state index < -0.39 is 0 Å². The van der Waals surface area contributed by atoms with Crippen LogP contribution in [-0.2, 0) is 14.3 Å². The Morgan fingerprint density at radius 3 is 2.71 bits per heavy atom. The van der Waals surface area contributed by atoms with E-state index in [1.165, 1.54) is 0 Å². The summed E-state index contributed by atoms with van der Waals surface area (Å²) in [6.45, 7) is 8.63. The number of esters is 1. The lowest BCUT2D eigenvalue weighted by molar-refractivity contribution is -0.148. The summed E-state index contributed by atoms with van der Waals surface area (Å²) < 4.78 is 10.4. The van der Waals surface area contributed by atoms with E-state index in [2.05, 4.69) is 11.8 Å². The van der Waals surface area contributed by atoms with Gasteiger partial charge in [-0.1, -0.05) is 6.92 Å². The first kappa shape index (κ1) is 14.8. The van der Waals surface area contributed by atoms with Gasteiger partial charge in [0.1, 0.15) is 0 Å². The fraction of sp³-hybridized carbons (Fsp3) is 0.917. The van der Waals surface area contributed by atoms with Gasteiger partial charge < -0.3 is 9.47 Å². The molecule has 0 aromatic carbocycles. The van der Waals surface area contributed by atoms with Crippen LogP contribution >= 0.6 is 11.8 Å². The number of carbonyl (C=O) groups excluding carboxylic acids is 1. The van der Waals surface area contributed by atoms with Crippen LogP contribution < -0.4 is 0 Å². The van der Waals surface area contributed by atoms with Gasteiger partial charge in [0.05, 0.1) is 25.7 Å². The third-order valence-electron chi connectivity index (χ3n) is 2.73. The summed E-state index contributed by atoms with van der Waals surface area (Å²) in [5.74, 6) is 1.84. The van der Waals surface area contributed by atoms with Gasteiger partial charge in [0, 0.05) is 25.4 Å². The molecule has 0 aromatic heterocycles. The van der Waals surface area contributed by atoms with Crippen LogP contribution in [0, 0.1) is 5.92 Å². The van der Waals surface area contributed by atoms with Crippen molar-refractivity contribution in [3.05, 3.63) is 0 Å². The number of carbonyl (C=O) groups is 1. The lowest BCUT2D eigenvalue weighted by Gasteiger charge is -2.29. The molecule has 1 heterocycles. The second-order valence-corrected chi connectivity index (χ2v) is 5.34. The Labute approximate surface area is 108 Å². The Balaban J connectivity index is 2.40. The highest BCUT2D eigenvalue weighted by molar-refractivity contribution is 7.99. The molecular formula is C12H23NO3S. The molecule has 1 saturated heterocycles. The lowest BCUT2D eigenvalue weighted by atomic mass is 10.1.